The summed E-state index contributed by atoms with van der Waals surface area (Å²) in [4.78, 5) is 43.0. The van der Waals surface area contributed by atoms with Gasteiger partial charge in [-0.25, -0.2) is 22.5 Å². The van der Waals surface area contributed by atoms with Gasteiger partial charge in [0.25, 0.3) is 5.56 Å². The van der Waals surface area contributed by atoms with E-state index >= 15 is 0 Å². The minimum absolute atomic E-state index is 0.0473. The molecule has 6 rings (SSSR count). The molecule has 7 nitrogen and oxygen atoms in total. The number of amides is 1. The zero-order valence-corrected chi connectivity index (χ0v) is 19.0. The van der Waals surface area contributed by atoms with Crippen molar-refractivity contribution in [3.8, 4) is 0 Å². The van der Waals surface area contributed by atoms with Gasteiger partial charge in [-0.05, 0) is 56.9 Å². The molecule has 2 aromatic carbocycles. The Morgan fingerprint density at radius 2 is 1.77 bits per heavy atom. The third-order valence-electron chi connectivity index (χ3n) is 7.49. The quantitative estimate of drug-likeness (QED) is 0.517. The van der Waals surface area contributed by atoms with Crippen LogP contribution < -0.4 is 21.9 Å². The van der Waals surface area contributed by atoms with Crippen molar-refractivity contribution in [2.75, 3.05) is 6.54 Å². The summed E-state index contributed by atoms with van der Waals surface area (Å²) in [6.45, 7) is 1.96. The monoisotopic (exact) mass is 486 g/mol. The summed E-state index contributed by atoms with van der Waals surface area (Å²) in [7, 11) is 0. The molecule has 0 radical (unpaired) electrons. The predicted octanol–water partition coefficient (Wildman–Crippen LogP) is 3.06. The van der Waals surface area contributed by atoms with Gasteiger partial charge in [0.2, 0.25) is 5.91 Å². The normalized spacial score (nSPS) is 23.3. The predicted molar refractivity (Wildman–Crippen MR) is 123 cm³/mol. The van der Waals surface area contributed by atoms with Crippen LogP contribution in [0.1, 0.15) is 50.3 Å². The summed E-state index contributed by atoms with van der Waals surface area (Å²) in [6.07, 6.45) is 2.77. The summed E-state index contributed by atoms with van der Waals surface area (Å²) in [5.74, 6) is -2.84. The maximum Gasteiger partial charge on any atom is 0.329 e. The van der Waals surface area contributed by atoms with Gasteiger partial charge >= 0.3 is 5.69 Å². The van der Waals surface area contributed by atoms with Gasteiger partial charge in [-0.2, -0.15) is 0 Å². The first-order valence-electron chi connectivity index (χ1n) is 11.6. The largest absolute Gasteiger partial charge is 0.348 e. The molecule has 3 heterocycles. The minimum atomic E-state index is -1.22. The zero-order chi connectivity index (χ0) is 24.9. The van der Waals surface area contributed by atoms with Crippen LogP contribution in [0.15, 0.2) is 46.0 Å². The highest BCUT2D eigenvalue weighted by atomic mass is 19.1. The second kappa shape index (κ2) is 8.67. The van der Waals surface area contributed by atoms with E-state index in [-0.39, 0.29) is 16.5 Å². The van der Waals surface area contributed by atoms with Crippen molar-refractivity contribution >= 4 is 16.8 Å². The van der Waals surface area contributed by atoms with E-state index in [0.29, 0.717) is 25.4 Å². The summed E-state index contributed by atoms with van der Waals surface area (Å²) in [5, 5.41) is 6.06. The fraction of sp³-hybridized carbons (Fsp3) is 0.400. The lowest BCUT2D eigenvalue weighted by atomic mass is 9.64. The third-order valence-corrected chi connectivity index (χ3v) is 7.49. The van der Waals surface area contributed by atoms with Crippen molar-refractivity contribution in [1.29, 1.82) is 0 Å². The van der Waals surface area contributed by atoms with E-state index in [1.165, 1.54) is 12.1 Å². The van der Waals surface area contributed by atoms with Crippen LogP contribution in [0.3, 0.4) is 0 Å². The maximum absolute atomic E-state index is 14.4. The highest BCUT2D eigenvalue weighted by Crippen LogP contribution is 2.47. The molecular formula is C25H25F3N4O3. The van der Waals surface area contributed by atoms with Gasteiger partial charge in [0.05, 0.1) is 16.9 Å². The Labute approximate surface area is 198 Å². The summed E-state index contributed by atoms with van der Waals surface area (Å²) >= 11 is 0. The van der Waals surface area contributed by atoms with Gasteiger partial charge in [0.1, 0.15) is 23.5 Å². The van der Waals surface area contributed by atoms with Gasteiger partial charge in [-0.3, -0.25) is 9.59 Å². The van der Waals surface area contributed by atoms with Crippen LogP contribution in [0, 0.1) is 22.9 Å². The molecule has 3 aromatic rings. The minimum Gasteiger partial charge on any atom is -0.348 e. The molecule has 3 aliphatic rings. The topological polar surface area (TPSA) is 96.0 Å². The molecule has 1 amide bonds. The lowest BCUT2D eigenvalue weighted by molar-refractivity contribution is -0.131. The third kappa shape index (κ3) is 4.05. The van der Waals surface area contributed by atoms with E-state index in [9.17, 15) is 27.6 Å². The van der Waals surface area contributed by atoms with Crippen LogP contribution in [0.25, 0.3) is 10.9 Å². The molecule has 2 bridgehead atoms. The molecule has 2 atom stereocenters. The van der Waals surface area contributed by atoms with Gasteiger partial charge in [0, 0.05) is 29.6 Å². The van der Waals surface area contributed by atoms with E-state index < -0.39 is 52.1 Å². The highest BCUT2D eigenvalue weighted by Gasteiger charge is 2.50. The van der Waals surface area contributed by atoms with Crippen molar-refractivity contribution in [2.24, 2.45) is 5.41 Å². The van der Waals surface area contributed by atoms with E-state index in [1.54, 1.807) is 6.92 Å². The Bertz CT molecular complexity index is 1410. The lowest BCUT2D eigenvalue weighted by Crippen LogP contribution is -2.60. The molecule has 1 saturated carbocycles. The Morgan fingerprint density at radius 3 is 2.43 bits per heavy atom. The van der Waals surface area contributed by atoms with Crippen molar-refractivity contribution in [2.45, 2.75) is 50.7 Å². The number of hydrogen-bond donors (Lipinski definition) is 3. The molecule has 3 N–H and O–H groups in total. The fourth-order valence-corrected chi connectivity index (χ4v) is 5.62. The highest BCUT2D eigenvalue weighted by molar-refractivity contribution is 5.83. The molecule has 184 valence electrons. The van der Waals surface area contributed by atoms with E-state index in [2.05, 4.69) is 15.6 Å². The van der Waals surface area contributed by atoms with Crippen molar-refractivity contribution in [3.63, 3.8) is 0 Å². The molecule has 3 fully saturated rings. The number of aromatic amines is 1. The van der Waals surface area contributed by atoms with Crippen LogP contribution in [-0.2, 0) is 4.79 Å². The number of carbonyl (C=O) groups is 1. The first kappa shape index (κ1) is 23.3. The number of hydrogen-bond acceptors (Lipinski definition) is 4. The average Bonchev–Trinajstić information content (AvgIpc) is 2.83. The lowest BCUT2D eigenvalue weighted by Gasteiger charge is -2.50. The van der Waals surface area contributed by atoms with Gasteiger partial charge in [-0.1, -0.05) is 6.07 Å². The Balaban J connectivity index is 1.61. The van der Waals surface area contributed by atoms with Gasteiger partial charge < -0.3 is 15.6 Å². The first-order chi connectivity index (χ1) is 16.7. The van der Waals surface area contributed by atoms with Crippen LogP contribution in [-0.4, -0.2) is 28.0 Å². The van der Waals surface area contributed by atoms with Crippen LogP contribution in [0.4, 0.5) is 13.2 Å². The van der Waals surface area contributed by atoms with Gasteiger partial charge in [-0.15, -0.1) is 0 Å². The number of rotatable bonds is 5. The van der Waals surface area contributed by atoms with Crippen LogP contribution in [0.5, 0.6) is 0 Å². The number of carbonyl (C=O) groups excluding carboxylic acids is 1. The molecular weight excluding hydrogens is 461 g/mol. The first-order valence-corrected chi connectivity index (χ1v) is 11.6. The van der Waals surface area contributed by atoms with E-state index in [4.69, 9.17) is 0 Å². The average molecular weight is 486 g/mol. The van der Waals surface area contributed by atoms with Crippen LogP contribution in [0.2, 0.25) is 0 Å². The summed E-state index contributed by atoms with van der Waals surface area (Å²) in [6, 6.07) is 4.78. The number of piperidine rings is 2. The molecule has 2 aliphatic heterocycles. The number of nitrogens with one attached hydrogen (secondary N) is 3. The second-order valence-corrected chi connectivity index (χ2v) is 9.61. The molecule has 0 spiro atoms. The van der Waals surface area contributed by atoms with E-state index in [0.717, 1.165) is 41.7 Å². The van der Waals surface area contributed by atoms with Gasteiger partial charge in [0.15, 0.2) is 0 Å². The number of fused-ring (bicyclic) bond motifs is 4. The molecule has 10 heteroatoms. The number of nitrogens with zero attached hydrogens (tertiary/aromatic N) is 1. The maximum atomic E-state index is 14.4. The molecule has 0 unspecified atom stereocenters. The Morgan fingerprint density at radius 1 is 1.09 bits per heavy atom. The number of H-pyrrole nitrogens is 1. The smallest absolute Gasteiger partial charge is 0.329 e. The number of aromatic nitrogens is 2. The summed E-state index contributed by atoms with van der Waals surface area (Å²) in [5.41, 5.74) is -2.05. The summed E-state index contributed by atoms with van der Waals surface area (Å²) < 4.78 is 42.6. The van der Waals surface area contributed by atoms with Crippen molar-refractivity contribution in [3.05, 3.63) is 80.3 Å². The Hall–Kier alpha value is -3.40. The van der Waals surface area contributed by atoms with Crippen LogP contribution >= 0.6 is 0 Å². The Kier molecular flexibility index (Phi) is 5.79. The fourth-order valence-electron chi connectivity index (χ4n) is 5.62. The van der Waals surface area contributed by atoms with Crippen molar-refractivity contribution < 1.29 is 18.0 Å². The van der Waals surface area contributed by atoms with Crippen molar-refractivity contribution in [1.82, 2.24) is 20.2 Å². The molecule has 35 heavy (non-hydrogen) atoms. The van der Waals surface area contributed by atoms with E-state index in [1.807, 2.05) is 0 Å². The number of benzene rings is 2. The zero-order valence-electron chi connectivity index (χ0n) is 19.0. The SMILES string of the molecule is C[C@H](NC(=O)[C@H](n1c(=O)[nH]c2ccc(F)cc2c1=O)C12CCC(CC1)NC2)c1ccc(F)cc1F. The standard InChI is InChI=1S/C25H25F3N4O3/c1-13(17-4-2-15(27)11-19(17)28)30-22(33)21(25-8-6-16(7-9-25)29-12-25)32-23(34)18-10-14(26)3-5-20(18)31-24(32)35/h2-5,10-11,13,16,21,29H,6-9,12H2,1H3,(H,30,33)(H,31,35)/t13-,16?,21-,25?/m0/s1. The molecule has 1 aliphatic carbocycles. The molecule has 2 saturated heterocycles. The second-order valence-electron chi connectivity index (χ2n) is 9.61. The molecule has 1 aromatic heterocycles. The number of halogens is 3.